The highest BCUT2D eigenvalue weighted by Crippen LogP contribution is 2.33. The number of ether oxygens (including phenoxy) is 2. The van der Waals surface area contributed by atoms with E-state index in [2.05, 4.69) is 33.9 Å². The Balaban J connectivity index is 1.39. The van der Waals surface area contributed by atoms with Gasteiger partial charge in [-0.15, -0.1) is 0 Å². The van der Waals surface area contributed by atoms with Crippen LogP contribution in [0.25, 0.3) is 0 Å². The summed E-state index contributed by atoms with van der Waals surface area (Å²) in [6.45, 7) is 3.88. The zero-order chi connectivity index (χ0) is 24.8. The molecule has 1 atom stereocenters. The minimum absolute atomic E-state index is 0.00133. The maximum absolute atomic E-state index is 13.0. The summed E-state index contributed by atoms with van der Waals surface area (Å²) in [5, 5.41) is 0. The second kappa shape index (κ2) is 11.4. The fraction of sp³-hybridized carbons (Fsp3) is 0.444. The lowest BCUT2D eigenvalue weighted by Crippen LogP contribution is -2.45. The van der Waals surface area contributed by atoms with Gasteiger partial charge in [0.15, 0.2) is 0 Å². The minimum atomic E-state index is -0.894. The Bertz CT molecular complexity index is 1060. The van der Waals surface area contributed by atoms with Gasteiger partial charge in [0.05, 0.1) is 13.7 Å². The highest BCUT2D eigenvalue weighted by atomic mass is 16.5. The van der Waals surface area contributed by atoms with Crippen molar-refractivity contribution in [1.29, 1.82) is 0 Å². The van der Waals surface area contributed by atoms with E-state index in [0.717, 1.165) is 17.7 Å². The number of likely N-dealkylation sites (tertiary alicyclic amines) is 1. The van der Waals surface area contributed by atoms with Gasteiger partial charge >= 0.3 is 5.97 Å². The molecule has 2 aromatic carbocycles. The number of benzene rings is 2. The molecule has 0 saturated carbocycles. The molecule has 8 nitrogen and oxygen atoms in total. The fourth-order valence-corrected chi connectivity index (χ4v) is 4.80. The van der Waals surface area contributed by atoms with Crippen molar-refractivity contribution in [2.45, 2.75) is 57.8 Å². The summed E-state index contributed by atoms with van der Waals surface area (Å²) >= 11 is 0. The van der Waals surface area contributed by atoms with Crippen molar-refractivity contribution in [3.05, 3.63) is 64.7 Å². The van der Waals surface area contributed by atoms with E-state index in [1.54, 1.807) is 12.1 Å². The van der Waals surface area contributed by atoms with Crippen LogP contribution in [0.15, 0.2) is 42.5 Å². The van der Waals surface area contributed by atoms with Crippen LogP contribution in [-0.2, 0) is 34.0 Å². The Hall–Kier alpha value is -3.39. The first-order valence-corrected chi connectivity index (χ1v) is 12.2. The van der Waals surface area contributed by atoms with Gasteiger partial charge in [-0.05, 0) is 55.6 Å². The number of hydrogen-bond donors (Lipinski definition) is 1. The molecule has 1 unspecified atom stereocenters. The van der Waals surface area contributed by atoms with Crippen LogP contribution < -0.4 is 10.5 Å². The van der Waals surface area contributed by atoms with Crippen molar-refractivity contribution in [3.63, 3.8) is 0 Å². The topological polar surface area (TPSA) is 102 Å². The first-order valence-electron chi connectivity index (χ1n) is 12.2. The normalized spacial score (nSPS) is 16.6. The Labute approximate surface area is 206 Å². The average molecular weight is 480 g/mol. The summed E-state index contributed by atoms with van der Waals surface area (Å²) in [6.07, 6.45) is 4.00. The number of fused-ring (bicyclic) bond motifs is 1. The molecule has 35 heavy (non-hydrogen) atoms. The summed E-state index contributed by atoms with van der Waals surface area (Å²) in [6, 6.07) is 12.9. The number of primary amides is 1. The lowest BCUT2D eigenvalue weighted by atomic mass is 10.1. The number of methoxy groups -OCH3 is 1. The van der Waals surface area contributed by atoms with Crippen LogP contribution in [0.3, 0.4) is 0 Å². The Morgan fingerprint density at radius 3 is 2.43 bits per heavy atom. The van der Waals surface area contributed by atoms with E-state index in [9.17, 15) is 14.4 Å². The number of amides is 2. The number of piperidine rings is 1. The van der Waals surface area contributed by atoms with Crippen molar-refractivity contribution >= 4 is 17.8 Å². The third-order valence-electron chi connectivity index (χ3n) is 6.78. The van der Waals surface area contributed by atoms with Crippen molar-refractivity contribution < 1.29 is 23.9 Å². The van der Waals surface area contributed by atoms with Gasteiger partial charge in [0.25, 0.3) is 5.91 Å². The summed E-state index contributed by atoms with van der Waals surface area (Å²) in [7, 11) is 1.28. The molecule has 0 aromatic heterocycles. The van der Waals surface area contributed by atoms with E-state index < -0.39 is 17.9 Å². The molecule has 0 aliphatic carbocycles. The molecular formula is C27H33N3O5. The van der Waals surface area contributed by atoms with Gasteiger partial charge in [-0.2, -0.15) is 0 Å². The zero-order valence-electron chi connectivity index (χ0n) is 20.2. The van der Waals surface area contributed by atoms with Gasteiger partial charge in [-0.3, -0.25) is 19.3 Å². The molecule has 2 aromatic rings. The highest BCUT2D eigenvalue weighted by molar-refractivity contribution is 6.01. The van der Waals surface area contributed by atoms with E-state index in [1.807, 2.05) is 6.07 Å². The minimum Gasteiger partial charge on any atom is -0.489 e. The van der Waals surface area contributed by atoms with Crippen LogP contribution in [0.1, 0.15) is 59.2 Å². The number of carbonyl (C=O) groups is 3. The molecular weight excluding hydrogens is 446 g/mol. The third kappa shape index (κ3) is 6.00. The number of hydrogen-bond acceptors (Lipinski definition) is 6. The molecule has 0 spiro atoms. The molecule has 186 valence electrons. The molecule has 1 fully saturated rings. The van der Waals surface area contributed by atoms with Gasteiger partial charge in [0.1, 0.15) is 18.4 Å². The smallest absolute Gasteiger partial charge is 0.305 e. The Morgan fingerprint density at radius 1 is 1.03 bits per heavy atom. The largest absolute Gasteiger partial charge is 0.489 e. The Morgan fingerprint density at radius 2 is 1.74 bits per heavy atom. The van der Waals surface area contributed by atoms with E-state index in [1.165, 1.54) is 49.9 Å². The first kappa shape index (κ1) is 24.7. The monoisotopic (exact) mass is 479 g/mol. The van der Waals surface area contributed by atoms with Gasteiger partial charge in [-0.25, -0.2) is 0 Å². The number of nitrogens with two attached hydrogens (primary N) is 1. The molecule has 8 heteroatoms. The van der Waals surface area contributed by atoms with E-state index in [0.29, 0.717) is 17.9 Å². The van der Waals surface area contributed by atoms with Gasteiger partial charge in [0.2, 0.25) is 5.91 Å². The summed E-state index contributed by atoms with van der Waals surface area (Å²) in [5.74, 6) is -0.790. The van der Waals surface area contributed by atoms with Crippen molar-refractivity contribution in [3.8, 4) is 5.75 Å². The summed E-state index contributed by atoms with van der Waals surface area (Å²) in [5.41, 5.74) is 9.12. The first-order chi connectivity index (χ1) is 17.0. The molecule has 2 amide bonds. The van der Waals surface area contributed by atoms with E-state index >= 15 is 0 Å². The number of esters is 1. The predicted octanol–water partition coefficient (Wildman–Crippen LogP) is 3.01. The molecule has 2 N–H and O–H groups in total. The molecule has 4 rings (SSSR count). The quantitative estimate of drug-likeness (QED) is 0.526. The van der Waals surface area contributed by atoms with Gasteiger partial charge < -0.3 is 20.1 Å². The average Bonchev–Trinajstić information content (AvgIpc) is 3.20. The van der Waals surface area contributed by atoms with Crippen molar-refractivity contribution in [2.75, 3.05) is 20.2 Å². The van der Waals surface area contributed by atoms with Crippen molar-refractivity contribution in [1.82, 2.24) is 9.80 Å². The van der Waals surface area contributed by atoms with Crippen LogP contribution in [-0.4, -0.2) is 53.8 Å². The fourth-order valence-electron chi connectivity index (χ4n) is 4.80. The highest BCUT2D eigenvalue weighted by Gasteiger charge is 2.37. The summed E-state index contributed by atoms with van der Waals surface area (Å²) < 4.78 is 10.8. The molecule has 1 saturated heterocycles. The molecule has 2 aliphatic rings. The van der Waals surface area contributed by atoms with E-state index in [4.69, 9.17) is 10.5 Å². The number of carbonyl (C=O) groups excluding carboxylic acids is 3. The van der Waals surface area contributed by atoms with Crippen LogP contribution >= 0.6 is 0 Å². The second-order valence-electron chi connectivity index (χ2n) is 9.19. The van der Waals surface area contributed by atoms with Gasteiger partial charge in [0, 0.05) is 24.1 Å². The standard InChI is InChI=1S/C27H33N3O5/c1-34-25(31)13-12-23(26(28)32)30-17-22-21(27(30)33)6-5-7-24(22)35-18-20-10-8-19(9-11-20)16-29-14-3-2-4-15-29/h5-11,23H,2-4,12-18H2,1H3,(H2,28,32). The maximum Gasteiger partial charge on any atom is 0.305 e. The van der Waals surface area contributed by atoms with Crippen LogP contribution in [0.5, 0.6) is 5.75 Å². The zero-order valence-corrected chi connectivity index (χ0v) is 20.2. The molecule has 0 radical (unpaired) electrons. The maximum atomic E-state index is 13.0. The molecule has 2 aliphatic heterocycles. The molecule has 0 bridgehead atoms. The third-order valence-corrected chi connectivity index (χ3v) is 6.78. The van der Waals surface area contributed by atoms with Crippen LogP contribution in [0.4, 0.5) is 0 Å². The van der Waals surface area contributed by atoms with Gasteiger partial charge in [-0.1, -0.05) is 36.8 Å². The van der Waals surface area contributed by atoms with Crippen LogP contribution in [0, 0.1) is 0 Å². The lowest BCUT2D eigenvalue weighted by Gasteiger charge is -2.26. The SMILES string of the molecule is COC(=O)CCC(C(N)=O)N1Cc2c(OCc3ccc(CN4CCCCC4)cc3)cccc2C1=O. The van der Waals surface area contributed by atoms with Crippen molar-refractivity contribution in [2.24, 2.45) is 5.73 Å². The predicted molar refractivity (Wildman–Crippen MR) is 130 cm³/mol. The lowest BCUT2D eigenvalue weighted by molar-refractivity contribution is -0.141. The summed E-state index contributed by atoms with van der Waals surface area (Å²) in [4.78, 5) is 40.6. The number of rotatable bonds is 10. The van der Waals surface area contributed by atoms with Crippen LogP contribution in [0.2, 0.25) is 0 Å². The Kier molecular flexibility index (Phi) is 8.02. The van der Waals surface area contributed by atoms with E-state index in [-0.39, 0.29) is 25.3 Å². The number of nitrogens with zero attached hydrogens (tertiary/aromatic N) is 2. The molecule has 2 heterocycles. The second-order valence-corrected chi connectivity index (χ2v) is 9.19.